The first-order valence-corrected chi connectivity index (χ1v) is 9.24. The van der Waals surface area contributed by atoms with Gasteiger partial charge in [-0.1, -0.05) is 6.42 Å². The summed E-state index contributed by atoms with van der Waals surface area (Å²) in [7, 11) is 0. The molecule has 1 aliphatic heterocycles. The highest BCUT2D eigenvalue weighted by Crippen LogP contribution is 2.39. The Hall–Kier alpha value is -0.260. The van der Waals surface area contributed by atoms with Crippen LogP contribution in [-0.4, -0.2) is 42.1 Å². The summed E-state index contributed by atoms with van der Waals surface area (Å²) >= 11 is 1.95. The number of hydrogen-bond acceptors (Lipinski definition) is 4. The molecule has 0 aromatic heterocycles. The van der Waals surface area contributed by atoms with Crippen LogP contribution in [-0.2, 0) is 4.79 Å². The van der Waals surface area contributed by atoms with Crippen LogP contribution >= 0.6 is 11.8 Å². The van der Waals surface area contributed by atoms with E-state index in [0.29, 0.717) is 36.4 Å². The van der Waals surface area contributed by atoms with Crippen molar-refractivity contribution in [3.8, 4) is 0 Å². The van der Waals surface area contributed by atoms with E-state index in [4.69, 9.17) is 5.73 Å². The Balaban J connectivity index is 1.52. The molecule has 114 valence electrons. The van der Waals surface area contributed by atoms with Gasteiger partial charge in [-0.05, 0) is 37.5 Å². The second-order valence-electron chi connectivity index (χ2n) is 6.71. The lowest BCUT2D eigenvalue weighted by atomic mass is 9.67. The number of nitrogens with one attached hydrogen (secondary N) is 2. The topological polar surface area (TPSA) is 67.1 Å². The fourth-order valence-corrected chi connectivity index (χ4v) is 5.19. The van der Waals surface area contributed by atoms with E-state index in [1.165, 1.54) is 25.0 Å². The van der Waals surface area contributed by atoms with Crippen LogP contribution in [0.25, 0.3) is 0 Å². The number of carbonyl (C=O) groups excluding carboxylic acids is 1. The summed E-state index contributed by atoms with van der Waals surface area (Å²) in [6, 6.07) is 1.11. The van der Waals surface area contributed by atoms with Gasteiger partial charge in [0, 0.05) is 42.6 Å². The molecule has 3 fully saturated rings. The van der Waals surface area contributed by atoms with Gasteiger partial charge in [-0.15, -0.1) is 0 Å². The molecule has 3 rings (SSSR count). The van der Waals surface area contributed by atoms with E-state index in [9.17, 15) is 4.79 Å². The van der Waals surface area contributed by atoms with Crippen LogP contribution in [0.2, 0.25) is 0 Å². The van der Waals surface area contributed by atoms with E-state index in [0.717, 1.165) is 25.1 Å². The molecule has 2 bridgehead atoms. The number of amides is 1. The smallest absolute Gasteiger partial charge is 0.221 e. The predicted octanol–water partition coefficient (Wildman–Crippen LogP) is 1.10. The maximum absolute atomic E-state index is 12.3. The molecule has 0 spiro atoms. The molecule has 20 heavy (non-hydrogen) atoms. The molecule has 5 heteroatoms. The van der Waals surface area contributed by atoms with Gasteiger partial charge in [0.1, 0.15) is 0 Å². The van der Waals surface area contributed by atoms with Crippen molar-refractivity contribution < 1.29 is 4.79 Å². The highest BCUT2D eigenvalue weighted by atomic mass is 32.2. The fourth-order valence-electron chi connectivity index (χ4n) is 4.24. The van der Waals surface area contributed by atoms with Gasteiger partial charge in [0.25, 0.3) is 0 Å². The molecule has 1 amide bonds. The summed E-state index contributed by atoms with van der Waals surface area (Å²) < 4.78 is 0. The number of fused-ring (bicyclic) bond motifs is 2. The fraction of sp³-hybridized carbons (Fsp3) is 0.933. The van der Waals surface area contributed by atoms with Crippen LogP contribution in [0.4, 0.5) is 0 Å². The van der Waals surface area contributed by atoms with Gasteiger partial charge < -0.3 is 16.4 Å². The van der Waals surface area contributed by atoms with Crippen LogP contribution in [0.1, 0.15) is 38.5 Å². The largest absolute Gasteiger partial charge is 0.353 e. The lowest BCUT2D eigenvalue weighted by molar-refractivity contribution is -0.123. The maximum atomic E-state index is 12.3. The third-order valence-electron chi connectivity index (χ3n) is 5.13. The Kier molecular flexibility index (Phi) is 4.89. The Morgan fingerprint density at radius 1 is 1.30 bits per heavy atom. The second kappa shape index (κ2) is 6.67. The first-order valence-electron chi connectivity index (χ1n) is 8.08. The monoisotopic (exact) mass is 297 g/mol. The van der Waals surface area contributed by atoms with Crippen molar-refractivity contribution in [2.75, 3.05) is 18.1 Å². The second-order valence-corrected chi connectivity index (χ2v) is 7.86. The summed E-state index contributed by atoms with van der Waals surface area (Å²) in [5, 5.41) is 6.79. The zero-order valence-electron chi connectivity index (χ0n) is 12.1. The van der Waals surface area contributed by atoms with Crippen molar-refractivity contribution in [2.24, 2.45) is 17.6 Å². The standard InChI is InChI=1S/C15H27N3OS/c16-12-6-10-2-1-3-11(7-12)15(10)18-14(19)8-13-9-20-5-4-17-13/h10-13,15,17H,1-9,16H2,(H,18,19). The quantitative estimate of drug-likeness (QED) is 0.730. The molecule has 2 saturated carbocycles. The van der Waals surface area contributed by atoms with Crippen LogP contribution in [0.15, 0.2) is 0 Å². The van der Waals surface area contributed by atoms with Crippen LogP contribution in [0.5, 0.6) is 0 Å². The van der Waals surface area contributed by atoms with E-state index >= 15 is 0 Å². The summed E-state index contributed by atoms with van der Waals surface area (Å²) in [6.45, 7) is 1.03. The van der Waals surface area contributed by atoms with Crippen molar-refractivity contribution >= 4 is 17.7 Å². The average Bonchev–Trinajstić information content (AvgIpc) is 2.41. The highest BCUT2D eigenvalue weighted by Gasteiger charge is 2.39. The van der Waals surface area contributed by atoms with E-state index in [2.05, 4.69) is 10.6 Å². The normalized spacial score (nSPS) is 41.1. The molecule has 3 unspecified atom stereocenters. The number of rotatable bonds is 3. The highest BCUT2D eigenvalue weighted by molar-refractivity contribution is 7.99. The zero-order valence-corrected chi connectivity index (χ0v) is 13.0. The van der Waals surface area contributed by atoms with Crippen LogP contribution < -0.4 is 16.4 Å². The Morgan fingerprint density at radius 3 is 2.70 bits per heavy atom. The van der Waals surface area contributed by atoms with Gasteiger partial charge in [-0.25, -0.2) is 0 Å². The average molecular weight is 297 g/mol. The van der Waals surface area contributed by atoms with Gasteiger partial charge in [0.2, 0.25) is 5.91 Å². The van der Waals surface area contributed by atoms with Gasteiger partial charge in [0.05, 0.1) is 0 Å². The van der Waals surface area contributed by atoms with Crippen molar-refractivity contribution in [1.29, 1.82) is 0 Å². The predicted molar refractivity (Wildman–Crippen MR) is 83.7 cm³/mol. The van der Waals surface area contributed by atoms with E-state index < -0.39 is 0 Å². The molecular formula is C15H27N3OS. The van der Waals surface area contributed by atoms with Gasteiger partial charge in [-0.3, -0.25) is 4.79 Å². The minimum Gasteiger partial charge on any atom is -0.353 e. The van der Waals surface area contributed by atoms with Crippen molar-refractivity contribution in [1.82, 2.24) is 10.6 Å². The molecule has 1 saturated heterocycles. The molecule has 4 nitrogen and oxygen atoms in total. The summed E-state index contributed by atoms with van der Waals surface area (Å²) in [5.41, 5.74) is 6.14. The molecule has 3 aliphatic rings. The zero-order chi connectivity index (χ0) is 13.9. The van der Waals surface area contributed by atoms with Gasteiger partial charge in [0.15, 0.2) is 0 Å². The first kappa shape index (κ1) is 14.7. The Labute approximate surface area is 126 Å². The molecule has 0 aromatic carbocycles. The molecule has 2 aliphatic carbocycles. The van der Waals surface area contributed by atoms with E-state index in [-0.39, 0.29) is 5.91 Å². The Bertz CT molecular complexity index is 332. The molecule has 3 atom stereocenters. The summed E-state index contributed by atoms with van der Waals surface area (Å²) in [4.78, 5) is 12.3. The van der Waals surface area contributed by atoms with Crippen molar-refractivity contribution in [3.63, 3.8) is 0 Å². The lowest BCUT2D eigenvalue weighted by Crippen LogP contribution is -2.54. The van der Waals surface area contributed by atoms with E-state index in [1.54, 1.807) is 0 Å². The lowest BCUT2D eigenvalue weighted by Gasteiger charge is -2.45. The summed E-state index contributed by atoms with van der Waals surface area (Å²) in [5.74, 6) is 3.71. The first-order chi connectivity index (χ1) is 9.72. The number of carbonyl (C=O) groups is 1. The van der Waals surface area contributed by atoms with Crippen molar-refractivity contribution in [3.05, 3.63) is 0 Å². The minimum absolute atomic E-state index is 0.238. The third-order valence-corrected chi connectivity index (χ3v) is 6.27. The van der Waals surface area contributed by atoms with Crippen LogP contribution in [0.3, 0.4) is 0 Å². The molecule has 0 aromatic rings. The van der Waals surface area contributed by atoms with Crippen molar-refractivity contribution in [2.45, 2.75) is 56.7 Å². The van der Waals surface area contributed by atoms with Gasteiger partial charge >= 0.3 is 0 Å². The molecule has 1 heterocycles. The molecular weight excluding hydrogens is 270 g/mol. The molecule has 0 radical (unpaired) electrons. The molecule has 4 N–H and O–H groups in total. The third kappa shape index (κ3) is 3.49. The summed E-state index contributed by atoms with van der Waals surface area (Å²) in [6.07, 6.45) is 6.63. The Morgan fingerprint density at radius 2 is 2.05 bits per heavy atom. The number of thioether (sulfide) groups is 1. The number of nitrogens with two attached hydrogens (primary N) is 1. The maximum Gasteiger partial charge on any atom is 0.221 e. The minimum atomic E-state index is 0.238. The number of hydrogen-bond donors (Lipinski definition) is 3. The van der Waals surface area contributed by atoms with Gasteiger partial charge in [-0.2, -0.15) is 11.8 Å². The van der Waals surface area contributed by atoms with Crippen LogP contribution in [0, 0.1) is 11.8 Å². The SMILES string of the molecule is NC1CC2CCCC(C1)C2NC(=O)CC1CSCCN1. The van der Waals surface area contributed by atoms with E-state index in [1.807, 2.05) is 11.8 Å².